The highest BCUT2D eigenvalue weighted by molar-refractivity contribution is 6.29. The molecule has 0 saturated heterocycles. The third-order valence-corrected chi connectivity index (χ3v) is 2.25. The van der Waals surface area contributed by atoms with Gasteiger partial charge in [-0.2, -0.15) is 13.2 Å². The number of hydrogen-bond acceptors (Lipinski definition) is 4. The summed E-state index contributed by atoms with van der Waals surface area (Å²) >= 11 is 5.70. The van der Waals surface area contributed by atoms with Crippen molar-refractivity contribution < 1.29 is 18.3 Å². The van der Waals surface area contributed by atoms with Gasteiger partial charge < -0.3 is 5.11 Å². The minimum absolute atomic E-state index is 0.103. The Hall–Kier alpha value is -0.920. The lowest BCUT2D eigenvalue weighted by atomic mass is 10.4. The average molecular weight is 284 g/mol. The van der Waals surface area contributed by atoms with Crippen LogP contribution in [0.5, 0.6) is 0 Å². The molecule has 0 aliphatic carbocycles. The summed E-state index contributed by atoms with van der Waals surface area (Å²) < 4.78 is 36.9. The van der Waals surface area contributed by atoms with Gasteiger partial charge in [0.15, 0.2) is 0 Å². The summed E-state index contributed by atoms with van der Waals surface area (Å²) in [5.74, 6) is 0.206. The van der Waals surface area contributed by atoms with Gasteiger partial charge in [0.05, 0.1) is 19.7 Å². The molecule has 0 radical (unpaired) electrons. The fourth-order valence-corrected chi connectivity index (χ4v) is 1.72. The van der Waals surface area contributed by atoms with Crippen LogP contribution in [0.2, 0.25) is 5.15 Å². The average Bonchev–Trinajstić information content (AvgIpc) is 2.12. The molecule has 0 amide bonds. The summed E-state index contributed by atoms with van der Waals surface area (Å²) in [5.41, 5.74) is 0.584. The van der Waals surface area contributed by atoms with E-state index in [9.17, 15) is 13.2 Å². The molecule has 8 heteroatoms. The molecule has 1 rings (SSSR count). The van der Waals surface area contributed by atoms with Crippen LogP contribution in [-0.2, 0) is 6.54 Å². The molecule has 0 bridgehead atoms. The second kappa shape index (κ2) is 6.31. The number of aromatic nitrogens is 2. The van der Waals surface area contributed by atoms with Gasteiger partial charge in [0.2, 0.25) is 0 Å². The summed E-state index contributed by atoms with van der Waals surface area (Å²) in [6.07, 6.45) is -4.33. The Morgan fingerprint density at radius 3 is 2.56 bits per heavy atom. The van der Waals surface area contributed by atoms with Gasteiger partial charge in [-0.05, 0) is 13.0 Å². The van der Waals surface area contributed by atoms with Crippen LogP contribution >= 0.6 is 11.6 Å². The van der Waals surface area contributed by atoms with Crippen LogP contribution in [0.4, 0.5) is 13.2 Å². The first-order valence-electron chi connectivity index (χ1n) is 5.20. The molecule has 18 heavy (non-hydrogen) atoms. The Morgan fingerprint density at radius 2 is 2.06 bits per heavy atom. The fourth-order valence-electron chi connectivity index (χ4n) is 1.47. The zero-order chi connectivity index (χ0) is 13.8. The van der Waals surface area contributed by atoms with Gasteiger partial charge in [-0.1, -0.05) is 11.6 Å². The summed E-state index contributed by atoms with van der Waals surface area (Å²) in [6, 6.07) is 1.52. The van der Waals surface area contributed by atoms with E-state index < -0.39 is 12.7 Å². The molecule has 0 saturated carbocycles. The van der Waals surface area contributed by atoms with Crippen LogP contribution in [0.3, 0.4) is 0 Å². The Bertz CT molecular complexity index is 380. The summed E-state index contributed by atoms with van der Waals surface area (Å²) in [4.78, 5) is 8.87. The van der Waals surface area contributed by atoms with E-state index in [1.54, 1.807) is 6.92 Å². The first-order valence-corrected chi connectivity index (χ1v) is 5.58. The molecule has 0 aliphatic rings. The van der Waals surface area contributed by atoms with Gasteiger partial charge in [0.1, 0.15) is 11.0 Å². The molecule has 1 aromatic rings. The maximum atomic E-state index is 12.3. The predicted octanol–water partition coefficient (Wildman–Crippen LogP) is 1.80. The maximum absolute atomic E-state index is 12.3. The first-order chi connectivity index (χ1) is 8.30. The molecule has 0 aromatic carbocycles. The molecule has 0 atom stereocenters. The zero-order valence-electron chi connectivity index (χ0n) is 9.71. The van der Waals surface area contributed by atoms with Crippen LogP contribution in [0, 0.1) is 6.92 Å². The molecule has 0 aliphatic heterocycles. The van der Waals surface area contributed by atoms with Crippen molar-refractivity contribution in [2.75, 3.05) is 19.7 Å². The van der Waals surface area contributed by atoms with E-state index in [0.717, 1.165) is 4.90 Å². The summed E-state index contributed by atoms with van der Waals surface area (Å²) in [6.45, 7) is -0.0226. The number of halogens is 4. The van der Waals surface area contributed by atoms with Crippen molar-refractivity contribution in [3.05, 3.63) is 22.7 Å². The van der Waals surface area contributed by atoms with Gasteiger partial charge in [0.25, 0.3) is 0 Å². The van der Waals surface area contributed by atoms with Gasteiger partial charge in [-0.15, -0.1) is 0 Å². The van der Waals surface area contributed by atoms with Gasteiger partial charge in [-0.25, -0.2) is 9.97 Å². The van der Waals surface area contributed by atoms with Gasteiger partial charge >= 0.3 is 6.18 Å². The topological polar surface area (TPSA) is 49.2 Å². The Labute approximate surface area is 107 Å². The number of hydrogen-bond donors (Lipinski definition) is 1. The molecule has 0 spiro atoms. The van der Waals surface area contributed by atoms with E-state index in [0.29, 0.717) is 5.69 Å². The highest BCUT2D eigenvalue weighted by atomic mass is 35.5. The third kappa shape index (κ3) is 5.61. The highest BCUT2D eigenvalue weighted by Crippen LogP contribution is 2.17. The number of alkyl halides is 3. The van der Waals surface area contributed by atoms with Crippen molar-refractivity contribution in [2.45, 2.75) is 19.6 Å². The van der Waals surface area contributed by atoms with Gasteiger partial charge in [-0.3, -0.25) is 4.90 Å². The van der Waals surface area contributed by atoms with E-state index >= 15 is 0 Å². The molecule has 1 aromatic heterocycles. The largest absolute Gasteiger partial charge is 0.401 e. The molecule has 0 unspecified atom stereocenters. The monoisotopic (exact) mass is 283 g/mol. The predicted molar refractivity (Wildman–Crippen MR) is 60.2 cm³/mol. The lowest BCUT2D eigenvalue weighted by Gasteiger charge is -2.21. The molecule has 1 N–H and O–H groups in total. The van der Waals surface area contributed by atoms with E-state index in [1.807, 2.05) is 0 Å². The number of aliphatic hydroxyl groups excluding tert-OH is 1. The SMILES string of the molecule is Cc1cc(Cl)nc(CN(CCO)CC(F)(F)F)n1. The molecular weight excluding hydrogens is 271 g/mol. The maximum Gasteiger partial charge on any atom is 0.401 e. The summed E-state index contributed by atoms with van der Waals surface area (Å²) in [5, 5.41) is 8.93. The lowest BCUT2D eigenvalue weighted by Crippen LogP contribution is -2.36. The van der Waals surface area contributed by atoms with Crippen molar-refractivity contribution in [1.29, 1.82) is 0 Å². The number of aliphatic hydroxyl groups is 1. The Balaban J connectivity index is 2.76. The van der Waals surface area contributed by atoms with E-state index in [1.165, 1.54) is 6.07 Å². The molecule has 0 fully saturated rings. The summed E-state index contributed by atoms with van der Waals surface area (Å²) in [7, 11) is 0. The number of nitrogens with zero attached hydrogens (tertiary/aromatic N) is 3. The third-order valence-electron chi connectivity index (χ3n) is 2.05. The second-order valence-electron chi connectivity index (χ2n) is 3.80. The Morgan fingerprint density at radius 1 is 1.39 bits per heavy atom. The zero-order valence-corrected chi connectivity index (χ0v) is 10.5. The van der Waals surface area contributed by atoms with Crippen LogP contribution in [-0.4, -0.2) is 45.8 Å². The van der Waals surface area contributed by atoms with E-state index in [4.69, 9.17) is 16.7 Å². The van der Waals surface area contributed by atoms with Crippen LogP contribution in [0.1, 0.15) is 11.5 Å². The van der Waals surface area contributed by atoms with Crippen LogP contribution in [0.25, 0.3) is 0 Å². The molecule has 1 heterocycles. The highest BCUT2D eigenvalue weighted by Gasteiger charge is 2.30. The van der Waals surface area contributed by atoms with E-state index in [2.05, 4.69) is 9.97 Å². The number of aryl methyl sites for hydroxylation is 1. The van der Waals surface area contributed by atoms with Crippen molar-refractivity contribution in [1.82, 2.24) is 14.9 Å². The standard InChI is InChI=1S/C10H13ClF3N3O/c1-7-4-8(11)16-9(15-7)5-17(2-3-18)6-10(12,13)14/h4,18H,2-3,5-6H2,1H3. The first kappa shape index (κ1) is 15.1. The van der Waals surface area contributed by atoms with Gasteiger partial charge in [0, 0.05) is 12.2 Å². The van der Waals surface area contributed by atoms with Crippen molar-refractivity contribution in [3.63, 3.8) is 0 Å². The van der Waals surface area contributed by atoms with Crippen LogP contribution < -0.4 is 0 Å². The second-order valence-corrected chi connectivity index (χ2v) is 4.18. The quantitative estimate of drug-likeness (QED) is 0.837. The van der Waals surface area contributed by atoms with Crippen molar-refractivity contribution in [3.8, 4) is 0 Å². The molecular formula is C10H13ClF3N3O. The minimum Gasteiger partial charge on any atom is -0.395 e. The smallest absolute Gasteiger partial charge is 0.395 e. The van der Waals surface area contributed by atoms with Crippen molar-refractivity contribution in [2.24, 2.45) is 0 Å². The van der Waals surface area contributed by atoms with Crippen molar-refractivity contribution >= 4 is 11.6 Å². The molecule has 4 nitrogen and oxygen atoms in total. The molecule has 102 valence electrons. The normalized spacial score (nSPS) is 12.2. The van der Waals surface area contributed by atoms with E-state index in [-0.39, 0.29) is 30.7 Å². The number of rotatable bonds is 5. The minimum atomic E-state index is -4.33. The lowest BCUT2D eigenvalue weighted by molar-refractivity contribution is -0.148. The Kier molecular flexibility index (Phi) is 5.30. The fraction of sp³-hybridized carbons (Fsp3) is 0.600. The van der Waals surface area contributed by atoms with Crippen LogP contribution in [0.15, 0.2) is 6.07 Å².